The van der Waals surface area contributed by atoms with Crippen molar-refractivity contribution in [3.8, 4) is 33.9 Å². The highest BCUT2D eigenvalue weighted by Crippen LogP contribution is 2.41. The molecule has 0 saturated carbocycles. The van der Waals surface area contributed by atoms with Gasteiger partial charge in [0.15, 0.2) is 17.5 Å². The average molecular weight is 718 g/mol. The standard InChI is InChI=1S/C50H31N5O/c1-3-13-31(14-4-1)47-52-48(32-15-5-2-6-16-32)54-49(53-47)39-18-11-21-43-45(39)38-27-24-34(29-44(38)56-43)33-23-25-36-37-26-22-30-12-7-8-17-35(30)46(37)50-51-40-19-9-10-20-41(40)55(50)42(36)28-33/h1-5,7-15,17-29H,6,16H2. The molecule has 0 bridgehead atoms. The van der Waals surface area contributed by atoms with Crippen molar-refractivity contribution in [1.29, 1.82) is 0 Å². The minimum atomic E-state index is 0.632. The van der Waals surface area contributed by atoms with Gasteiger partial charge in [-0.2, -0.15) is 0 Å². The molecule has 0 spiro atoms. The summed E-state index contributed by atoms with van der Waals surface area (Å²) in [6.45, 7) is 0. The second kappa shape index (κ2) is 12.0. The van der Waals surface area contributed by atoms with Gasteiger partial charge in [-0.25, -0.2) is 19.9 Å². The lowest BCUT2D eigenvalue weighted by molar-refractivity contribution is 0.669. The molecule has 0 N–H and O–H groups in total. The fraction of sp³-hybridized carbons (Fsp3) is 0.0400. The van der Waals surface area contributed by atoms with Gasteiger partial charge < -0.3 is 4.42 Å². The summed E-state index contributed by atoms with van der Waals surface area (Å²) in [5.41, 5.74) is 10.9. The van der Waals surface area contributed by atoms with Gasteiger partial charge in [0.1, 0.15) is 16.8 Å². The smallest absolute Gasteiger partial charge is 0.164 e. The van der Waals surface area contributed by atoms with Crippen LogP contribution in [-0.4, -0.2) is 24.3 Å². The first-order valence-corrected chi connectivity index (χ1v) is 19.0. The quantitative estimate of drug-likeness (QED) is 0.170. The zero-order valence-electron chi connectivity index (χ0n) is 30.1. The molecule has 1 aliphatic carbocycles. The number of hydrogen-bond acceptors (Lipinski definition) is 5. The lowest BCUT2D eigenvalue weighted by Crippen LogP contribution is -2.03. The minimum Gasteiger partial charge on any atom is -0.456 e. The zero-order valence-corrected chi connectivity index (χ0v) is 30.1. The Balaban J connectivity index is 1.04. The van der Waals surface area contributed by atoms with E-state index in [1.165, 1.54) is 26.9 Å². The van der Waals surface area contributed by atoms with E-state index in [0.29, 0.717) is 17.5 Å². The number of benzene rings is 7. The number of aromatic nitrogens is 5. The number of pyridine rings is 1. The maximum atomic E-state index is 6.63. The van der Waals surface area contributed by atoms with Gasteiger partial charge in [-0.05, 0) is 82.1 Å². The first-order chi connectivity index (χ1) is 27.7. The van der Waals surface area contributed by atoms with Gasteiger partial charge in [-0.15, -0.1) is 0 Å². The third kappa shape index (κ3) is 4.69. The predicted molar refractivity (Wildman–Crippen MR) is 229 cm³/mol. The van der Waals surface area contributed by atoms with Gasteiger partial charge in [0.25, 0.3) is 0 Å². The number of furan rings is 1. The molecule has 0 atom stereocenters. The summed E-state index contributed by atoms with van der Waals surface area (Å²) in [7, 11) is 0. The van der Waals surface area contributed by atoms with Gasteiger partial charge in [-0.1, -0.05) is 127 Å². The van der Waals surface area contributed by atoms with Crippen LogP contribution in [0.15, 0.2) is 168 Å². The van der Waals surface area contributed by atoms with E-state index in [0.717, 1.165) is 84.8 Å². The molecule has 0 aliphatic heterocycles. The van der Waals surface area contributed by atoms with Crippen molar-refractivity contribution in [3.63, 3.8) is 0 Å². The lowest BCUT2D eigenvalue weighted by atomic mass is 9.97. The monoisotopic (exact) mass is 717 g/mol. The maximum absolute atomic E-state index is 6.63. The summed E-state index contributed by atoms with van der Waals surface area (Å²) in [5, 5.41) is 7.98. The third-order valence-electron chi connectivity index (χ3n) is 11.3. The SMILES string of the molecule is C1=CCCC(c2nc(-c3ccccc3)nc(-c3cccc4oc5cc(-c6ccc7c8ccc9ccccc9c8c8nc9ccccc9n8c7c6)ccc5c34)n2)=C1. The average Bonchev–Trinajstić information content (AvgIpc) is 3.85. The van der Waals surface area contributed by atoms with Crippen LogP contribution in [0.3, 0.4) is 0 Å². The summed E-state index contributed by atoms with van der Waals surface area (Å²) >= 11 is 0. The molecule has 4 heterocycles. The number of rotatable bonds is 4. The van der Waals surface area contributed by atoms with Crippen LogP contribution < -0.4 is 0 Å². The number of para-hydroxylation sites is 2. The van der Waals surface area contributed by atoms with Crippen molar-refractivity contribution in [2.75, 3.05) is 0 Å². The number of nitrogens with zero attached hydrogens (tertiary/aromatic N) is 5. The third-order valence-corrected chi connectivity index (χ3v) is 11.3. The Bertz CT molecular complexity index is 3480. The van der Waals surface area contributed by atoms with E-state index in [1.807, 2.05) is 42.5 Å². The van der Waals surface area contributed by atoms with Crippen molar-refractivity contribution in [1.82, 2.24) is 24.3 Å². The first-order valence-electron chi connectivity index (χ1n) is 19.0. The number of imidazole rings is 1. The second-order valence-corrected chi connectivity index (χ2v) is 14.5. The van der Waals surface area contributed by atoms with Gasteiger partial charge in [0.2, 0.25) is 0 Å². The Morgan fingerprint density at radius 1 is 0.500 bits per heavy atom. The van der Waals surface area contributed by atoms with Crippen LogP contribution in [0.4, 0.5) is 0 Å². The molecule has 11 aromatic rings. The van der Waals surface area contributed by atoms with Crippen LogP contribution in [0.2, 0.25) is 0 Å². The maximum Gasteiger partial charge on any atom is 0.164 e. The molecule has 4 aromatic heterocycles. The number of hydrogen-bond donors (Lipinski definition) is 0. The molecule has 0 fully saturated rings. The molecular formula is C50H31N5O. The molecule has 0 amide bonds. The number of fused-ring (bicyclic) bond motifs is 13. The Morgan fingerprint density at radius 3 is 2.20 bits per heavy atom. The van der Waals surface area contributed by atoms with Gasteiger partial charge in [0, 0.05) is 32.7 Å². The first kappa shape index (κ1) is 31.0. The predicted octanol–water partition coefficient (Wildman–Crippen LogP) is 12.8. The highest BCUT2D eigenvalue weighted by molar-refractivity contribution is 6.23. The zero-order chi connectivity index (χ0) is 36.7. The minimum absolute atomic E-state index is 0.632. The Kier molecular flexibility index (Phi) is 6.65. The fourth-order valence-electron chi connectivity index (χ4n) is 8.64. The topological polar surface area (TPSA) is 69.1 Å². The molecule has 6 nitrogen and oxygen atoms in total. The van der Waals surface area contributed by atoms with Crippen LogP contribution in [0.25, 0.3) is 111 Å². The summed E-state index contributed by atoms with van der Waals surface area (Å²) in [6.07, 6.45) is 8.24. The summed E-state index contributed by atoms with van der Waals surface area (Å²) in [6, 6.07) is 51.1. The van der Waals surface area contributed by atoms with Crippen LogP contribution in [-0.2, 0) is 0 Å². The van der Waals surface area contributed by atoms with E-state index in [-0.39, 0.29) is 0 Å². The van der Waals surface area contributed by atoms with E-state index in [9.17, 15) is 0 Å². The molecule has 7 aromatic carbocycles. The van der Waals surface area contributed by atoms with Gasteiger partial charge in [0.05, 0.1) is 16.6 Å². The van der Waals surface area contributed by atoms with Crippen molar-refractivity contribution >= 4 is 76.6 Å². The second-order valence-electron chi connectivity index (χ2n) is 14.5. The Hall–Kier alpha value is -7.44. The summed E-state index contributed by atoms with van der Waals surface area (Å²) in [4.78, 5) is 20.3. The van der Waals surface area contributed by atoms with Gasteiger partial charge in [-0.3, -0.25) is 4.40 Å². The van der Waals surface area contributed by atoms with Crippen molar-refractivity contribution in [2.24, 2.45) is 0 Å². The van der Waals surface area contributed by atoms with Gasteiger partial charge >= 0.3 is 0 Å². The van der Waals surface area contributed by atoms with Crippen molar-refractivity contribution < 1.29 is 4.42 Å². The summed E-state index contributed by atoms with van der Waals surface area (Å²) < 4.78 is 8.97. The Morgan fingerprint density at radius 2 is 1.29 bits per heavy atom. The normalized spacial score (nSPS) is 13.2. The highest BCUT2D eigenvalue weighted by Gasteiger charge is 2.20. The molecule has 12 rings (SSSR count). The molecule has 6 heteroatoms. The molecule has 56 heavy (non-hydrogen) atoms. The summed E-state index contributed by atoms with van der Waals surface area (Å²) in [5.74, 6) is 2.00. The molecule has 0 saturated heterocycles. The van der Waals surface area contributed by atoms with Crippen molar-refractivity contribution in [3.05, 3.63) is 170 Å². The lowest BCUT2D eigenvalue weighted by Gasteiger charge is -2.13. The molecule has 1 aliphatic rings. The molecule has 0 radical (unpaired) electrons. The van der Waals surface area contributed by atoms with E-state index in [4.69, 9.17) is 24.4 Å². The van der Waals surface area contributed by atoms with Crippen LogP contribution in [0.5, 0.6) is 0 Å². The van der Waals surface area contributed by atoms with E-state index in [2.05, 4.69) is 126 Å². The number of allylic oxidation sites excluding steroid dienone is 4. The largest absolute Gasteiger partial charge is 0.456 e. The molecular weight excluding hydrogens is 687 g/mol. The van der Waals surface area contributed by atoms with E-state index in [1.54, 1.807) is 0 Å². The highest BCUT2D eigenvalue weighted by atomic mass is 16.3. The van der Waals surface area contributed by atoms with Crippen LogP contribution in [0.1, 0.15) is 18.7 Å². The molecule has 0 unspecified atom stereocenters. The fourth-order valence-corrected chi connectivity index (χ4v) is 8.64. The van der Waals surface area contributed by atoms with E-state index >= 15 is 0 Å². The van der Waals surface area contributed by atoms with Crippen LogP contribution in [0, 0.1) is 0 Å². The molecule has 262 valence electrons. The van der Waals surface area contributed by atoms with Crippen LogP contribution >= 0.6 is 0 Å². The van der Waals surface area contributed by atoms with E-state index < -0.39 is 0 Å². The van der Waals surface area contributed by atoms with Crippen molar-refractivity contribution in [2.45, 2.75) is 12.8 Å². The Labute approximate surface area is 320 Å².